The molecule has 0 radical (unpaired) electrons. The van der Waals surface area contributed by atoms with Gasteiger partial charge in [-0.2, -0.15) is 0 Å². The third-order valence-corrected chi connectivity index (χ3v) is 3.43. The minimum absolute atomic E-state index is 0.0658. The topological polar surface area (TPSA) is 51.5 Å². The fourth-order valence-electron chi connectivity index (χ4n) is 2.37. The molecule has 1 N–H and O–H groups in total. The molecule has 0 amide bonds. The van der Waals surface area contributed by atoms with Crippen molar-refractivity contribution in [3.05, 3.63) is 65.6 Å². The maximum Gasteiger partial charge on any atom is 0.419 e. The molecule has 0 fully saturated rings. The zero-order valence-corrected chi connectivity index (χ0v) is 11.9. The maximum atomic E-state index is 12.8. The lowest BCUT2D eigenvalue weighted by Crippen LogP contribution is -2.14. The molecular formula is C17H14FNO3. The molecule has 0 aliphatic rings. The van der Waals surface area contributed by atoms with Gasteiger partial charge >= 0.3 is 6.09 Å². The maximum absolute atomic E-state index is 12.8. The molecule has 0 saturated heterocycles. The van der Waals surface area contributed by atoms with E-state index in [2.05, 4.69) is 0 Å². The van der Waals surface area contributed by atoms with Gasteiger partial charge in [0.2, 0.25) is 0 Å². The molecular weight excluding hydrogens is 285 g/mol. The van der Waals surface area contributed by atoms with Gasteiger partial charge in [-0.15, -0.1) is 0 Å². The van der Waals surface area contributed by atoms with Gasteiger partial charge in [0.05, 0.1) is 5.52 Å². The molecule has 0 aliphatic heterocycles. The Morgan fingerprint density at radius 3 is 2.64 bits per heavy atom. The van der Waals surface area contributed by atoms with Crippen molar-refractivity contribution < 1.29 is 19.0 Å². The third-order valence-electron chi connectivity index (χ3n) is 3.43. The molecule has 0 spiro atoms. The van der Waals surface area contributed by atoms with Crippen LogP contribution in [0.2, 0.25) is 0 Å². The van der Waals surface area contributed by atoms with E-state index in [9.17, 15) is 14.3 Å². The monoisotopic (exact) mass is 299 g/mol. The number of carbonyl (C=O) groups is 1. The normalized spacial score (nSPS) is 10.8. The molecule has 0 aliphatic carbocycles. The average molecular weight is 299 g/mol. The van der Waals surface area contributed by atoms with E-state index < -0.39 is 6.09 Å². The molecule has 1 aromatic heterocycles. The van der Waals surface area contributed by atoms with Crippen LogP contribution in [-0.4, -0.2) is 15.8 Å². The Bertz CT molecular complexity index is 837. The van der Waals surface area contributed by atoms with Crippen LogP contribution in [0, 0.1) is 12.7 Å². The van der Waals surface area contributed by atoms with Gasteiger partial charge in [-0.25, -0.2) is 13.8 Å². The molecule has 22 heavy (non-hydrogen) atoms. The lowest BCUT2D eigenvalue weighted by Gasteiger charge is -2.08. The van der Waals surface area contributed by atoms with Crippen molar-refractivity contribution in [1.29, 1.82) is 0 Å². The number of hydrogen-bond acceptors (Lipinski definition) is 3. The number of phenols is 1. The fourth-order valence-corrected chi connectivity index (χ4v) is 2.37. The molecule has 4 nitrogen and oxygen atoms in total. The number of hydrogen-bond donors (Lipinski definition) is 1. The average Bonchev–Trinajstić information content (AvgIpc) is 2.81. The second-order valence-electron chi connectivity index (χ2n) is 5.05. The summed E-state index contributed by atoms with van der Waals surface area (Å²) >= 11 is 0. The van der Waals surface area contributed by atoms with E-state index in [0.29, 0.717) is 16.8 Å². The van der Waals surface area contributed by atoms with Crippen molar-refractivity contribution in [3.63, 3.8) is 0 Å². The molecule has 0 unspecified atom stereocenters. The summed E-state index contributed by atoms with van der Waals surface area (Å²) in [6, 6.07) is 12.4. The van der Waals surface area contributed by atoms with Crippen molar-refractivity contribution in [3.8, 4) is 5.75 Å². The van der Waals surface area contributed by atoms with Crippen molar-refractivity contribution >= 4 is 17.0 Å². The summed E-state index contributed by atoms with van der Waals surface area (Å²) in [5.41, 5.74) is 2.09. The first-order valence-corrected chi connectivity index (χ1v) is 6.77. The van der Waals surface area contributed by atoms with Crippen LogP contribution in [-0.2, 0) is 11.3 Å². The zero-order chi connectivity index (χ0) is 15.7. The minimum atomic E-state index is -0.512. The van der Waals surface area contributed by atoms with Gasteiger partial charge in [0.25, 0.3) is 0 Å². The molecule has 1 heterocycles. The number of rotatable bonds is 2. The highest BCUT2D eigenvalue weighted by molar-refractivity contribution is 5.91. The van der Waals surface area contributed by atoms with Gasteiger partial charge in [-0.05, 0) is 48.9 Å². The molecule has 0 bridgehead atoms. The number of aromatic nitrogens is 1. The van der Waals surface area contributed by atoms with Crippen molar-refractivity contribution in [2.45, 2.75) is 13.5 Å². The van der Waals surface area contributed by atoms with Gasteiger partial charge in [-0.3, -0.25) is 0 Å². The number of benzene rings is 2. The van der Waals surface area contributed by atoms with Crippen LogP contribution in [0.5, 0.6) is 5.75 Å². The molecule has 5 heteroatoms. The first kappa shape index (κ1) is 14.1. The largest absolute Gasteiger partial charge is 0.508 e. The Balaban J connectivity index is 1.83. The summed E-state index contributed by atoms with van der Waals surface area (Å²) in [5.74, 6) is -0.188. The Labute approximate surface area is 126 Å². The molecule has 3 rings (SSSR count). The van der Waals surface area contributed by atoms with Crippen LogP contribution in [0.15, 0.2) is 48.5 Å². The van der Waals surface area contributed by atoms with Gasteiger partial charge in [0.15, 0.2) is 0 Å². The summed E-state index contributed by atoms with van der Waals surface area (Å²) < 4.78 is 19.5. The summed E-state index contributed by atoms with van der Waals surface area (Å²) in [4.78, 5) is 12.3. The molecule has 2 aromatic carbocycles. The Morgan fingerprint density at radius 1 is 1.18 bits per heavy atom. The number of aromatic hydroxyl groups is 1. The predicted octanol–water partition coefficient (Wildman–Crippen LogP) is 3.98. The summed E-state index contributed by atoms with van der Waals surface area (Å²) in [6.07, 6.45) is -0.512. The number of phenolic OH excluding ortho intramolecular Hbond substituents is 1. The van der Waals surface area contributed by atoms with Crippen LogP contribution in [0.1, 0.15) is 11.3 Å². The molecule has 3 aromatic rings. The first-order chi connectivity index (χ1) is 10.5. The van der Waals surface area contributed by atoms with E-state index >= 15 is 0 Å². The van der Waals surface area contributed by atoms with E-state index in [4.69, 9.17) is 4.74 Å². The molecule has 0 saturated carbocycles. The second-order valence-corrected chi connectivity index (χ2v) is 5.05. The number of aryl methyl sites for hydroxylation is 1. The van der Waals surface area contributed by atoms with Gasteiger partial charge in [-0.1, -0.05) is 12.1 Å². The highest BCUT2D eigenvalue weighted by Crippen LogP contribution is 2.24. The fraction of sp³-hybridized carbons (Fsp3) is 0.118. The number of halogens is 1. The number of fused-ring (bicyclic) bond motifs is 1. The van der Waals surface area contributed by atoms with E-state index in [1.165, 1.54) is 22.8 Å². The second kappa shape index (κ2) is 5.52. The Hall–Kier alpha value is -2.82. The van der Waals surface area contributed by atoms with E-state index in [1.807, 2.05) is 0 Å². The zero-order valence-electron chi connectivity index (χ0n) is 11.9. The third kappa shape index (κ3) is 2.65. The summed E-state index contributed by atoms with van der Waals surface area (Å²) in [5, 5.41) is 10.2. The lowest BCUT2D eigenvalue weighted by atomic mass is 10.2. The highest BCUT2D eigenvalue weighted by atomic mass is 19.1. The smallest absolute Gasteiger partial charge is 0.419 e. The van der Waals surface area contributed by atoms with E-state index in [0.717, 1.165) is 5.39 Å². The van der Waals surface area contributed by atoms with Crippen LogP contribution in [0.25, 0.3) is 10.9 Å². The van der Waals surface area contributed by atoms with Crippen LogP contribution < -0.4 is 0 Å². The van der Waals surface area contributed by atoms with E-state index in [1.54, 1.807) is 37.3 Å². The Morgan fingerprint density at radius 2 is 1.91 bits per heavy atom. The van der Waals surface area contributed by atoms with Crippen molar-refractivity contribution in [2.24, 2.45) is 0 Å². The minimum Gasteiger partial charge on any atom is -0.508 e. The molecule has 0 atom stereocenters. The highest BCUT2D eigenvalue weighted by Gasteiger charge is 2.14. The SMILES string of the molecule is Cc1cc2cc(O)ccc2n1C(=O)OCc1ccc(F)cc1. The standard InChI is InChI=1S/C17H14FNO3/c1-11-8-13-9-15(20)6-7-16(13)19(11)17(21)22-10-12-2-4-14(18)5-3-12/h2-9,20H,10H2,1H3. The molecule has 112 valence electrons. The van der Waals surface area contributed by atoms with Gasteiger partial charge in [0.1, 0.15) is 18.2 Å². The predicted molar refractivity (Wildman–Crippen MR) is 80.3 cm³/mol. The van der Waals surface area contributed by atoms with Gasteiger partial charge < -0.3 is 9.84 Å². The van der Waals surface area contributed by atoms with Crippen LogP contribution in [0.3, 0.4) is 0 Å². The Kier molecular flexibility index (Phi) is 3.55. The summed E-state index contributed by atoms with van der Waals surface area (Å²) in [6.45, 7) is 1.85. The first-order valence-electron chi connectivity index (χ1n) is 6.77. The van der Waals surface area contributed by atoms with Crippen LogP contribution >= 0.6 is 0 Å². The lowest BCUT2D eigenvalue weighted by molar-refractivity contribution is 0.142. The van der Waals surface area contributed by atoms with Crippen molar-refractivity contribution in [2.75, 3.05) is 0 Å². The van der Waals surface area contributed by atoms with Crippen LogP contribution in [0.4, 0.5) is 9.18 Å². The van der Waals surface area contributed by atoms with Crippen molar-refractivity contribution in [1.82, 2.24) is 4.57 Å². The summed E-state index contributed by atoms with van der Waals surface area (Å²) in [7, 11) is 0. The van der Waals surface area contributed by atoms with E-state index in [-0.39, 0.29) is 18.2 Å². The quantitative estimate of drug-likeness (QED) is 0.778. The van der Waals surface area contributed by atoms with Gasteiger partial charge in [0, 0.05) is 11.1 Å². The number of ether oxygens (including phenoxy) is 1. The number of carbonyl (C=O) groups excluding carboxylic acids is 1. The number of nitrogens with zero attached hydrogens (tertiary/aromatic N) is 1.